The summed E-state index contributed by atoms with van der Waals surface area (Å²) in [5, 5.41) is 0.932. The van der Waals surface area contributed by atoms with Gasteiger partial charge in [-0.2, -0.15) is 0 Å². The van der Waals surface area contributed by atoms with E-state index in [-0.39, 0.29) is 5.78 Å². The van der Waals surface area contributed by atoms with Gasteiger partial charge < -0.3 is 0 Å². The van der Waals surface area contributed by atoms with E-state index < -0.39 is 0 Å². The fourth-order valence-corrected chi connectivity index (χ4v) is 2.26. The molecule has 0 atom stereocenters. The van der Waals surface area contributed by atoms with Crippen LogP contribution in [0.3, 0.4) is 0 Å². The molecule has 96 valence electrons. The van der Waals surface area contributed by atoms with Gasteiger partial charge in [0.05, 0.1) is 10.0 Å². The molecule has 2 rings (SSSR count). The summed E-state index contributed by atoms with van der Waals surface area (Å²) < 4.78 is 1.09. The summed E-state index contributed by atoms with van der Waals surface area (Å²) in [7, 11) is 0. The Hall–Kier alpha value is -0.840. The van der Waals surface area contributed by atoms with Crippen molar-refractivity contribution in [2.45, 2.75) is 0 Å². The van der Waals surface area contributed by atoms with E-state index in [4.69, 9.17) is 23.2 Å². The molecule has 0 spiro atoms. The van der Waals surface area contributed by atoms with Crippen LogP contribution in [0.15, 0.2) is 48.5 Å². The zero-order chi connectivity index (χ0) is 13.8. The maximum Gasteiger partial charge on any atom is 0.185 e. The number of hydrogen-bond donors (Lipinski definition) is 0. The second-order valence-electron chi connectivity index (χ2n) is 3.85. The Bertz CT molecular complexity index is 633. The van der Waals surface area contributed by atoms with Crippen molar-refractivity contribution < 1.29 is 4.79 Å². The monoisotopic (exact) mass is 402 g/mol. The molecule has 19 heavy (non-hydrogen) atoms. The third-order valence-corrected chi connectivity index (χ3v) is 4.08. The Kier molecular flexibility index (Phi) is 5.02. The topological polar surface area (TPSA) is 17.1 Å². The maximum absolute atomic E-state index is 12.0. The van der Waals surface area contributed by atoms with Gasteiger partial charge in [-0.15, -0.1) is 0 Å². The Morgan fingerprint density at radius 3 is 2.42 bits per heavy atom. The second-order valence-corrected chi connectivity index (χ2v) is 5.88. The highest BCUT2D eigenvalue weighted by Gasteiger charge is 2.03. The molecule has 0 radical (unpaired) electrons. The molecule has 0 N–H and O–H groups in total. The van der Waals surface area contributed by atoms with Crippen molar-refractivity contribution in [2.24, 2.45) is 0 Å². The Balaban J connectivity index is 2.21. The lowest BCUT2D eigenvalue weighted by molar-refractivity contribution is 0.104. The molecule has 0 aliphatic carbocycles. The Morgan fingerprint density at radius 2 is 1.74 bits per heavy atom. The molecule has 0 saturated carbocycles. The normalized spacial score (nSPS) is 10.9. The average Bonchev–Trinajstić information content (AvgIpc) is 2.41. The molecule has 0 fully saturated rings. The Labute approximate surface area is 135 Å². The van der Waals surface area contributed by atoms with Crippen LogP contribution in [0.25, 0.3) is 6.08 Å². The smallest absolute Gasteiger partial charge is 0.185 e. The number of carbonyl (C=O) groups excluding carboxylic acids is 1. The number of rotatable bonds is 3. The molecule has 0 aromatic heterocycles. The van der Waals surface area contributed by atoms with Gasteiger partial charge in [-0.25, -0.2) is 0 Å². The summed E-state index contributed by atoms with van der Waals surface area (Å²) >= 11 is 14.2. The van der Waals surface area contributed by atoms with Gasteiger partial charge in [0, 0.05) is 9.13 Å². The highest BCUT2D eigenvalue weighted by molar-refractivity contribution is 14.1. The van der Waals surface area contributed by atoms with Crippen molar-refractivity contribution in [3.8, 4) is 0 Å². The second kappa shape index (κ2) is 6.55. The largest absolute Gasteiger partial charge is 0.289 e. The van der Waals surface area contributed by atoms with Crippen LogP contribution in [0.1, 0.15) is 15.9 Å². The van der Waals surface area contributed by atoms with E-state index in [0.29, 0.717) is 15.6 Å². The van der Waals surface area contributed by atoms with E-state index in [2.05, 4.69) is 22.6 Å². The van der Waals surface area contributed by atoms with Crippen molar-refractivity contribution in [2.75, 3.05) is 0 Å². The van der Waals surface area contributed by atoms with Crippen molar-refractivity contribution in [3.05, 3.63) is 73.3 Å². The molecule has 0 saturated heterocycles. The van der Waals surface area contributed by atoms with E-state index in [0.717, 1.165) is 9.13 Å². The highest BCUT2D eigenvalue weighted by Crippen LogP contribution is 2.26. The molecule has 4 heteroatoms. The van der Waals surface area contributed by atoms with E-state index in [9.17, 15) is 4.79 Å². The van der Waals surface area contributed by atoms with Crippen LogP contribution < -0.4 is 0 Å². The first-order valence-corrected chi connectivity index (χ1v) is 7.33. The van der Waals surface area contributed by atoms with Crippen LogP contribution in [0.5, 0.6) is 0 Å². The van der Waals surface area contributed by atoms with Crippen LogP contribution in [0.2, 0.25) is 10.0 Å². The van der Waals surface area contributed by atoms with Gasteiger partial charge in [-0.1, -0.05) is 47.5 Å². The minimum atomic E-state index is -0.0626. The van der Waals surface area contributed by atoms with Gasteiger partial charge in [0.25, 0.3) is 0 Å². The summed E-state index contributed by atoms with van der Waals surface area (Å²) in [5.41, 5.74) is 1.38. The molecule has 0 aliphatic rings. The standard InChI is InChI=1S/C15H9Cl2IO/c16-13-3-1-2-11(15(13)17)6-9-14(19)10-4-7-12(18)8-5-10/h1-9H/b9-6+. The predicted molar refractivity (Wildman–Crippen MR) is 89.0 cm³/mol. The number of allylic oxidation sites excluding steroid dienone is 1. The summed E-state index contributed by atoms with van der Waals surface area (Å²) in [6.07, 6.45) is 3.17. The quantitative estimate of drug-likeness (QED) is 0.376. The zero-order valence-corrected chi connectivity index (χ0v) is 13.4. The third-order valence-electron chi connectivity index (χ3n) is 2.52. The lowest BCUT2D eigenvalue weighted by atomic mass is 10.1. The van der Waals surface area contributed by atoms with Gasteiger partial charge in [0.2, 0.25) is 0 Å². The van der Waals surface area contributed by atoms with Gasteiger partial charge in [0.1, 0.15) is 0 Å². The molecule has 1 nitrogen and oxygen atoms in total. The summed E-state index contributed by atoms with van der Waals surface area (Å²) in [6.45, 7) is 0. The molecule has 0 heterocycles. The van der Waals surface area contributed by atoms with Crippen LogP contribution in [-0.4, -0.2) is 5.78 Å². The first kappa shape index (κ1) is 14.6. The minimum Gasteiger partial charge on any atom is -0.289 e. The third kappa shape index (κ3) is 3.81. The van der Waals surface area contributed by atoms with E-state index in [1.54, 1.807) is 30.3 Å². The number of halogens is 3. The molecule has 2 aromatic rings. The van der Waals surface area contributed by atoms with Gasteiger partial charge in [-0.05, 0) is 58.5 Å². The van der Waals surface area contributed by atoms with Crippen LogP contribution >= 0.6 is 45.8 Å². The van der Waals surface area contributed by atoms with Gasteiger partial charge in [-0.3, -0.25) is 4.79 Å². The van der Waals surface area contributed by atoms with Crippen molar-refractivity contribution in [3.63, 3.8) is 0 Å². The van der Waals surface area contributed by atoms with Crippen LogP contribution in [0.4, 0.5) is 0 Å². The zero-order valence-electron chi connectivity index (χ0n) is 9.74. The lowest BCUT2D eigenvalue weighted by Crippen LogP contribution is -1.93. The van der Waals surface area contributed by atoms with Crippen molar-refractivity contribution in [1.82, 2.24) is 0 Å². The highest BCUT2D eigenvalue weighted by atomic mass is 127. The lowest BCUT2D eigenvalue weighted by Gasteiger charge is -2.00. The summed E-state index contributed by atoms with van der Waals surface area (Å²) in [4.78, 5) is 12.0. The summed E-state index contributed by atoms with van der Waals surface area (Å²) in [6, 6.07) is 12.7. The summed E-state index contributed by atoms with van der Waals surface area (Å²) in [5.74, 6) is -0.0626. The molecule has 0 amide bonds. The molecule has 0 aliphatic heterocycles. The SMILES string of the molecule is O=C(/C=C/c1cccc(Cl)c1Cl)c1ccc(I)cc1. The number of hydrogen-bond acceptors (Lipinski definition) is 1. The average molecular weight is 403 g/mol. The van der Waals surface area contributed by atoms with Crippen LogP contribution in [-0.2, 0) is 0 Å². The van der Waals surface area contributed by atoms with Gasteiger partial charge in [0.15, 0.2) is 5.78 Å². The molecular formula is C15H9Cl2IO. The van der Waals surface area contributed by atoms with E-state index in [1.807, 2.05) is 18.2 Å². The Morgan fingerprint density at radius 1 is 1.05 bits per heavy atom. The fraction of sp³-hybridized carbons (Fsp3) is 0. The first-order chi connectivity index (χ1) is 9.08. The predicted octanol–water partition coefficient (Wildman–Crippen LogP) is 5.49. The van der Waals surface area contributed by atoms with Crippen molar-refractivity contribution in [1.29, 1.82) is 0 Å². The fourth-order valence-electron chi connectivity index (χ4n) is 1.53. The molecule has 0 unspecified atom stereocenters. The van der Waals surface area contributed by atoms with E-state index >= 15 is 0 Å². The molecule has 0 bridgehead atoms. The maximum atomic E-state index is 12.0. The number of carbonyl (C=O) groups is 1. The molecule has 2 aromatic carbocycles. The van der Waals surface area contributed by atoms with Crippen molar-refractivity contribution >= 4 is 57.7 Å². The minimum absolute atomic E-state index is 0.0626. The number of benzene rings is 2. The number of ketones is 1. The van der Waals surface area contributed by atoms with E-state index in [1.165, 1.54) is 6.08 Å². The first-order valence-electron chi connectivity index (χ1n) is 5.50. The molecular weight excluding hydrogens is 394 g/mol. The van der Waals surface area contributed by atoms with Gasteiger partial charge >= 0.3 is 0 Å². The van der Waals surface area contributed by atoms with Crippen LogP contribution in [0, 0.1) is 3.57 Å².